The molecule has 0 rings (SSSR count). The molecule has 1 heteroatoms. The van der Waals surface area contributed by atoms with Crippen LogP contribution in [0.5, 0.6) is 0 Å². The van der Waals surface area contributed by atoms with E-state index in [4.69, 9.17) is 4.74 Å². The minimum absolute atomic E-state index is 0.241. The van der Waals surface area contributed by atoms with Crippen LogP contribution in [0.15, 0.2) is 0 Å². The van der Waals surface area contributed by atoms with Crippen molar-refractivity contribution < 1.29 is 4.74 Å². The molecule has 0 aliphatic rings. The molecule has 0 aromatic rings. The average molecular weight is 271 g/mol. The zero-order chi connectivity index (χ0) is 15.1. The lowest BCUT2D eigenvalue weighted by Crippen LogP contribution is -2.39. The van der Waals surface area contributed by atoms with Gasteiger partial charge in [0.2, 0.25) is 0 Å². The SMILES string of the molecule is CCCCC(OC(CCCC)C(C)(C)C)C(C)(C)C. The van der Waals surface area contributed by atoms with E-state index in [2.05, 4.69) is 55.4 Å². The summed E-state index contributed by atoms with van der Waals surface area (Å²) in [6.45, 7) is 18.4. The quantitative estimate of drug-likeness (QED) is 0.509. The van der Waals surface area contributed by atoms with Crippen molar-refractivity contribution in [2.24, 2.45) is 10.8 Å². The van der Waals surface area contributed by atoms with Crippen LogP contribution < -0.4 is 0 Å². The fraction of sp³-hybridized carbons (Fsp3) is 1.00. The maximum Gasteiger partial charge on any atom is 0.0627 e. The van der Waals surface area contributed by atoms with Crippen LogP contribution in [-0.2, 0) is 4.74 Å². The number of unbranched alkanes of at least 4 members (excludes halogenated alkanes) is 2. The van der Waals surface area contributed by atoms with E-state index in [9.17, 15) is 0 Å². The van der Waals surface area contributed by atoms with Gasteiger partial charge in [-0.2, -0.15) is 0 Å². The summed E-state index contributed by atoms with van der Waals surface area (Å²) < 4.78 is 6.58. The highest BCUT2D eigenvalue weighted by atomic mass is 16.5. The predicted octanol–water partition coefficient (Wildman–Crippen LogP) is 6.21. The number of hydrogen-bond acceptors (Lipinski definition) is 1. The van der Waals surface area contributed by atoms with Gasteiger partial charge in [0.15, 0.2) is 0 Å². The van der Waals surface area contributed by atoms with Gasteiger partial charge in [-0.25, -0.2) is 0 Å². The van der Waals surface area contributed by atoms with Crippen molar-refractivity contribution in [1.82, 2.24) is 0 Å². The Kier molecular flexibility index (Phi) is 8.27. The van der Waals surface area contributed by atoms with Crippen molar-refractivity contribution >= 4 is 0 Å². The Morgan fingerprint density at radius 1 is 0.684 bits per heavy atom. The monoisotopic (exact) mass is 270 g/mol. The Balaban J connectivity index is 4.72. The van der Waals surface area contributed by atoms with E-state index in [1.807, 2.05) is 0 Å². The molecule has 0 saturated carbocycles. The molecular weight excluding hydrogens is 232 g/mol. The number of ether oxygens (including phenoxy) is 1. The Bertz CT molecular complexity index is 195. The fourth-order valence-corrected chi connectivity index (χ4v) is 2.39. The van der Waals surface area contributed by atoms with Crippen LogP contribution in [0.3, 0.4) is 0 Å². The molecule has 2 unspecified atom stereocenters. The second-order valence-corrected chi connectivity index (χ2v) is 8.13. The minimum Gasteiger partial charge on any atom is -0.374 e. The van der Waals surface area contributed by atoms with E-state index in [1.165, 1.54) is 38.5 Å². The molecule has 0 aliphatic heterocycles. The van der Waals surface area contributed by atoms with Gasteiger partial charge in [0.1, 0.15) is 0 Å². The summed E-state index contributed by atoms with van der Waals surface area (Å²) in [6, 6.07) is 0. The van der Waals surface area contributed by atoms with Crippen LogP contribution in [0.25, 0.3) is 0 Å². The summed E-state index contributed by atoms with van der Waals surface area (Å²) in [7, 11) is 0. The summed E-state index contributed by atoms with van der Waals surface area (Å²) in [4.78, 5) is 0. The molecule has 2 atom stereocenters. The Morgan fingerprint density at radius 2 is 1.00 bits per heavy atom. The van der Waals surface area contributed by atoms with Gasteiger partial charge < -0.3 is 4.74 Å². The predicted molar refractivity (Wildman–Crippen MR) is 86.6 cm³/mol. The molecule has 19 heavy (non-hydrogen) atoms. The van der Waals surface area contributed by atoms with E-state index in [0.717, 1.165) is 0 Å². The van der Waals surface area contributed by atoms with E-state index >= 15 is 0 Å². The highest BCUT2D eigenvalue weighted by Gasteiger charge is 2.32. The van der Waals surface area contributed by atoms with Crippen LogP contribution in [0, 0.1) is 10.8 Å². The van der Waals surface area contributed by atoms with Crippen molar-refractivity contribution in [2.45, 2.75) is 106 Å². The maximum absolute atomic E-state index is 6.58. The zero-order valence-corrected chi connectivity index (χ0v) is 14.8. The minimum atomic E-state index is 0.241. The lowest BCUT2D eigenvalue weighted by Gasteiger charge is -2.39. The second kappa shape index (κ2) is 8.29. The number of rotatable bonds is 8. The van der Waals surface area contributed by atoms with E-state index < -0.39 is 0 Å². The lowest BCUT2D eigenvalue weighted by molar-refractivity contribution is -0.113. The van der Waals surface area contributed by atoms with Gasteiger partial charge >= 0.3 is 0 Å². The highest BCUT2D eigenvalue weighted by molar-refractivity contribution is 4.81. The van der Waals surface area contributed by atoms with Crippen molar-refractivity contribution in [1.29, 1.82) is 0 Å². The zero-order valence-electron chi connectivity index (χ0n) is 14.8. The third-order valence-electron chi connectivity index (χ3n) is 3.90. The molecule has 1 nitrogen and oxygen atoms in total. The first kappa shape index (κ1) is 19.0. The molecule has 0 fully saturated rings. The molecule has 0 amide bonds. The third kappa shape index (κ3) is 7.97. The molecule has 0 N–H and O–H groups in total. The Hall–Kier alpha value is -0.0400. The topological polar surface area (TPSA) is 9.23 Å². The Labute approximate surface area is 122 Å². The van der Waals surface area contributed by atoms with Gasteiger partial charge in [-0.3, -0.25) is 0 Å². The van der Waals surface area contributed by atoms with Gasteiger partial charge in [-0.05, 0) is 23.7 Å². The summed E-state index contributed by atoms with van der Waals surface area (Å²) in [6.07, 6.45) is 8.20. The fourth-order valence-electron chi connectivity index (χ4n) is 2.39. The van der Waals surface area contributed by atoms with E-state index in [0.29, 0.717) is 12.2 Å². The normalized spacial score (nSPS) is 16.4. The molecule has 0 aliphatic carbocycles. The van der Waals surface area contributed by atoms with Crippen molar-refractivity contribution in [3.63, 3.8) is 0 Å². The van der Waals surface area contributed by atoms with Crippen LogP contribution in [0.4, 0.5) is 0 Å². The molecule has 0 spiro atoms. The maximum atomic E-state index is 6.58. The third-order valence-corrected chi connectivity index (χ3v) is 3.90. The molecule has 0 heterocycles. The summed E-state index contributed by atoms with van der Waals surface area (Å²) in [5, 5.41) is 0. The highest BCUT2D eigenvalue weighted by Crippen LogP contribution is 2.34. The first-order valence-electron chi connectivity index (χ1n) is 8.28. The molecule has 0 radical (unpaired) electrons. The molecule has 0 saturated heterocycles. The van der Waals surface area contributed by atoms with Gasteiger partial charge in [0.05, 0.1) is 12.2 Å². The molecular formula is C18H38O. The summed E-state index contributed by atoms with van der Waals surface area (Å²) in [5.74, 6) is 0. The van der Waals surface area contributed by atoms with Crippen LogP contribution >= 0.6 is 0 Å². The number of hydrogen-bond donors (Lipinski definition) is 0. The van der Waals surface area contributed by atoms with Crippen LogP contribution in [-0.4, -0.2) is 12.2 Å². The molecule has 116 valence electrons. The lowest BCUT2D eigenvalue weighted by atomic mass is 9.83. The van der Waals surface area contributed by atoms with Crippen LogP contribution in [0.2, 0.25) is 0 Å². The average Bonchev–Trinajstić information content (AvgIpc) is 2.24. The molecule has 0 bridgehead atoms. The van der Waals surface area contributed by atoms with Gasteiger partial charge in [-0.1, -0.05) is 81.1 Å². The van der Waals surface area contributed by atoms with E-state index in [-0.39, 0.29) is 10.8 Å². The standard InChI is InChI=1S/C18H38O/c1-9-11-13-15(17(3,4)5)19-16(14-12-10-2)18(6,7)8/h15-16H,9-14H2,1-8H3. The first-order chi connectivity index (χ1) is 8.62. The van der Waals surface area contributed by atoms with Gasteiger partial charge in [-0.15, -0.1) is 0 Å². The molecule has 0 aromatic carbocycles. The summed E-state index contributed by atoms with van der Waals surface area (Å²) in [5.41, 5.74) is 0.482. The Morgan fingerprint density at radius 3 is 1.21 bits per heavy atom. The second-order valence-electron chi connectivity index (χ2n) is 8.13. The van der Waals surface area contributed by atoms with Crippen molar-refractivity contribution in [2.75, 3.05) is 0 Å². The van der Waals surface area contributed by atoms with Crippen molar-refractivity contribution in [3.8, 4) is 0 Å². The van der Waals surface area contributed by atoms with Crippen LogP contribution in [0.1, 0.15) is 93.9 Å². The summed E-state index contributed by atoms with van der Waals surface area (Å²) >= 11 is 0. The van der Waals surface area contributed by atoms with Gasteiger partial charge in [0.25, 0.3) is 0 Å². The van der Waals surface area contributed by atoms with Gasteiger partial charge in [0, 0.05) is 0 Å². The smallest absolute Gasteiger partial charge is 0.0627 e. The molecule has 0 aromatic heterocycles. The van der Waals surface area contributed by atoms with Crippen molar-refractivity contribution in [3.05, 3.63) is 0 Å². The largest absolute Gasteiger partial charge is 0.374 e. The van der Waals surface area contributed by atoms with E-state index in [1.54, 1.807) is 0 Å². The first-order valence-corrected chi connectivity index (χ1v) is 8.28.